The number of rotatable bonds is 2. The number of fused-ring (bicyclic) bond motifs is 1. The second kappa shape index (κ2) is 4.22. The van der Waals surface area contributed by atoms with Crippen molar-refractivity contribution in [2.45, 2.75) is 13.5 Å². The van der Waals surface area contributed by atoms with Crippen LogP contribution in [0.1, 0.15) is 10.7 Å². The quantitative estimate of drug-likeness (QED) is 0.782. The molecule has 0 radical (unpaired) electrons. The number of imidazole rings is 1. The molecule has 3 heterocycles. The zero-order valence-corrected chi connectivity index (χ0v) is 11.2. The molecule has 18 heavy (non-hydrogen) atoms. The molecule has 3 rings (SSSR count). The molecule has 0 aliphatic carbocycles. The molecule has 0 amide bonds. The zero-order chi connectivity index (χ0) is 12.7. The van der Waals surface area contributed by atoms with E-state index < -0.39 is 0 Å². The van der Waals surface area contributed by atoms with Crippen LogP contribution in [-0.2, 0) is 6.54 Å². The van der Waals surface area contributed by atoms with E-state index in [1.807, 2.05) is 16.9 Å². The highest BCUT2D eigenvalue weighted by molar-refractivity contribution is 7.09. The average molecular weight is 280 g/mol. The van der Waals surface area contributed by atoms with Gasteiger partial charge < -0.3 is 5.73 Å². The molecule has 0 aromatic carbocycles. The van der Waals surface area contributed by atoms with Gasteiger partial charge >= 0.3 is 0 Å². The first-order valence-electron chi connectivity index (χ1n) is 5.32. The van der Waals surface area contributed by atoms with Crippen LogP contribution in [-0.4, -0.2) is 19.5 Å². The van der Waals surface area contributed by atoms with Crippen LogP contribution in [0.2, 0.25) is 5.02 Å². The fourth-order valence-corrected chi connectivity index (χ4v) is 2.56. The van der Waals surface area contributed by atoms with Crippen molar-refractivity contribution in [2.24, 2.45) is 0 Å². The lowest BCUT2D eigenvalue weighted by atomic mass is 10.4. The first-order chi connectivity index (χ1) is 8.63. The number of anilines is 1. The number of aryl methyl sites for hydroxylation is 1. The lowest BCUT2D eigenvalue weighted by Gasteiger charge is -2.02. The van der Waals surface area contributed by atoms with Gasteiger partial charge in [-0.2, -0.15) is 0 Å². The molecule has 0 saturated heterocycles. The van der Waals surface area contributed by atoms with Crippen LogP contribution in [0.5, 0.6) is 0 Å². The monoisotopic (exact) mass is 279 g/mol. The highest BCUT2D eigenvalue weighted by atomic mass is 35.5. The Kier molecular flexibility index (Phi) is 2.68. The SMILES string of the molecule is Cc1nc(Cn2c(N)nc3cc(Cl)cnc32)cs1. The summed E-state index contributed by atoms with van der Waals surface area (Å²) >= 11 is 7.49. The van der Waals surface area contributed by atoms with Gasteiger partial charge in [-0.3, -0.25) is 4.57 Å². The molecule has 0 aliphatic heterocycles. The number of nitrogens with zero attached hydrogens (tertiary/aromatic N) is 4. The molecule has 7 heteroatoms. The molecule has 0 atom stereocenters. The van der Waals surface area contributed by atoms with E-state index in [2.05, 4.69) is 15.0 Å². The third-order valence-electron chi connectivity index (χ3n) is 2.57. The lowest BCUT2D eigenvalue weighted by Crippen LogP contribution is -2.05. The van der Waals surface area contributed by atoms with E-state index in [9.17, 15) is 0 Å². The van der Waals surface area contributed by atoms with Gasteiger partial charge in [0.2, 0.25) is 5.95 Å². The fourth-order valence-electron chi connectivity index (χ4n) is 1.80. The fraction of sp³-hybridized carbons (Fsp3) is 0.182. The Morgan fingerprint density at radius 3 is 3.00 bits per heavy atom. The molecule has 0 unspecified atom stereocenters. The minimum atomic E-state index is 0.422. The Balaban J connectivity index is 2.08. The summed E-state index contributed by atoms with van der Waals surface area (Å²) in [6.07, 6.45) is 1.59. The summed E-state index contributed by atoms with van der Waals surface area (Å²) in [5.74, 6) is 0.422. The van der Waals surface area contributed by atoms with Crippen LogP contribution < -0.4 is 5.73 Å². The number of aromatic nitrogens is 4. The third kappa shape index (κ3) is 1.93. The number of hydrogen-bond donors (Lipinski definition) is 1. The Labute approximate surface area is 112 Å². The van der Waals surface area contributed by atoms with Crippen molar-refractivity contribution in [1.29, 1.82) is 0 Å². The highest BCUT2D eigenvalue weighted by Gasteiger charge is 2.11. The Morgan fingerprint density at radius 1 is 1.44 bits per heavy atom. The summed E-state index contributed by atoms with van der Waals surface area (Å²) in [4.78, 5) is 12.9. The van der Waals surface area contributed by atoms with Crippen molar-refractivity contribution >= 4 is 40.0 Å². The van der Waals surface area contributed by atoms with Gasteiger partial charge in [0.1, 0.15) is 5.52 Å². The summed E-state index contributed by atoms with van der Waals surface area (Å²) in [5, 5.41) is 3.59. The number of nitrogens with two attached hydrogens (primary N) is 1. The summed E-state index contributed by atoms with van der Waals surface area (Å²) in [5.41, 5.74) is 8.29. The van der Waals surface area contributed by atoms with Crippen molar-refractivity contribution in [1.82, 2.24) is 19.5 Å². The van der Waals surface area contributed by atoms with Gasteiger partial charge in [0.25, 0.3) is 0 Å². The predicted molar refractivity (Wildman–Crippen MR) is 72.9 cm³/mol. The van der Waals surface area contributed by atoms with E-state index in [-0.39, 0.29) is 0 Å². The van der Waals surface area contributed by atoms with Crippen LogP contribution in [0.3, 0.4) is 0 Å². The summed E-state index contributed by atoms with van der Waals surface area (Å²) < 4.78 is 1.83. The molecular weight excluding hydrogens is 270 g/mol. The molecular formula is C11H10ClN5S. The maximum atomic E-state index is 5.90. The van der Waals surface area contributed by atoms with E-state index >= 15 is 0 Å². The molecule has 0 spiro atoms. The standard InChI is InChI=1S/C11H10ClN5S/c1-6-15-8(5-18-6)4-17-10-9(16-11(17)13)2-7(12)3-14-10/h2-3,5H,4H2,1H3,(H2,13,16). The Bertz CT molecular complexity index is 717. The van der Waals surface area contributed by atoms with Crippen LogP contribution in [0.25, 0.3) is 11.2 Å². The Morgan fingerprint density at radius 2 is 2.28 bits per heavy atom. The topological polar surface area (TPSA) is 69.6 Å². The molecule has 0 aliphatic rings. The number of thiazole rings is 1. The van der Waals surface area contributed by atoms with Crippen molar-refractivity contribution < 1.29 is 0 Å². The Hall–Kier alpha value is -1.66. The van der Waals surface area contributed by atoms with Crippen molar-refractivity contribution in [3.05, 3.63) is 33.4 Å². The van der Waals surface area contributed by atoms with Crippen LogP contribution in [0.15, 0.2) is 17.6 Å². The van der Waals surface area contributed by atoms with Gasteiger partial charge in [-0.15, -0.1) is 11.3 Å². The zero-order valence-electron chi connectivity index (χ0n) is 9.59. The van der Waals surface area contributed by atoms with Gasteiger partial charge in [-0.1, -0.05) is 11.6 Å². The summed E-state index contributed by atoms with van der Waals surface area (Å²) in [6.45, 7) is 2.54. The number of pyridine rings is 1. The largest absolute Gasteiger partial charge is 0.369 e. The van der Waals surface area contributed by atoms with Crippen molar-refractivity contribution in [3.63, 3.8) is 0 Å². The molecule has 3 aromatic rings. The van der Waals surface area contributed by atoms with Crippen molar-refractivity contribution in [2.75, 3.05) is 5.73 Å². The molecule has 0 fully saturated rings. The van der Waals surface area contributed by atoms with Crippen LogP contribution in [0, 0.1) is 6.92 Å². The number of halogens is 1. The van der Waals surface area contributed by atoms with E-state index in [0.29, 0.717) is 23.0 Å². The molecule has 0 bridgehead atoms. The summed E-state index contributed by atoms with van der Waals surface area (Å²) in [6, 6.07) is 1.75. The van der Waals surface area contributed by atoms with Crippen molar-refractivity contribution in [3.8, 4) is 0 Å². The second-order valence-corrected chi connectivity index (χ2v) is 5.41. The molecule has 5 nitrogen and oxygen atoms in total. The van der Waals surface area contributed by atoms with Gasteiger partial charge in [-0.05, 0) is 13.0 Å². The van der Waals surface area contributed by atoms with E-state index in [4.69, 9.17) is 17.3 Å². The summed E-state index contributed by atoms with van der Waals surface area (Å²) in [7, 11) is 0. The molecule has 2 N–H and O–H groups in total. The van der Waals surface area contributed by atoms with E-state index in [1.165, 1.54) is 0 Å². The third-order valence-corrected chi connectivity index (χ3v) is 3.60. The lowest BCUT2D eigenvalue weighted by molar-refractivity contribution is 0.804. The molecule has 3 aromatic heterocycles. The average Bonchev–Trinajstić information content (AvgIpc) is 2.84. The first-order valence-corrected chi connectivity index (χ1v) is 6.57. The first kappa shape index (κ1) is 11.4. The maximum Gasteiger partial charge on any atom is 0.202 e. The molecule has 92 valence electrons. The maximum absolute atomic E-state index is 5.90. The number of hydrogen-bond acceptors (Lipinski definition) is 5. The van der Waals surface area contributed by atoms with Gasteiger partial charge in [0, 0.05) is 11.6 Å². The van der Waals surface area contributed by atoms with E-state index in [1.54, 1.807) is 23.6 Å². The minimum absolute atomic E-state index is 0.422. The molecule has 0 saturated carbocycles. The van der Waals surface area contributed by atoms with Gasteiger partial charge in [0.15, 0.2) is 5.65 Å². The van der Waals surface area contributed by atoms with Crippen LogP contribution in [0.4, 0.5) is 5.95 Å². The second-order valence-electron chi connectivity index (χ2n) is 3.91. The van der Waals surface area contributed by atoms with Crippen LogP contribution >= 0.6 is 22.9 Å². The van der Waals surface area contributed by atoms with Gasteiger partial charge in [-0.25, -0.2) is 15.0 Å². The minimum Gasteiger partial charge on any atom is -0.369 e. The number of nitrogen functional groups attached to an aromatic ring is 1. The normalized spacial score (nSPS) is 11.2. The smallest absolute Gasteiger partial charge is 0.202 e. The highest BCUT2D eigenvalue weighted by Crippen LogP contribution is 2.20. The van der Waals surface area contributed by atoms with Gasteiger partial charge in [0.05, 0.1) is 22.3 Å². The predicted octanol–water partition coefficient (Wildman–Crippen LogP) is 2.48. The van der Waals surface area contributed by atoms with E-state index in [0.717, 1.165) is 16.3 Å².